The maximum atomic E-state index is 5.88. The van der Waals surface area contributed by atoms with Gasteiger partial charge in [0.15, 0.2) is 0 Å². The summed E-state index contributed by atoms with van der Waals surface area (Å²) in [5.41, 5.74) is 6.75. The monoisotopic (exact) mass is 291 g/mol. The zero-order valence-electron chi connectivity index (χ0n) is 8.13. The predicted octanol–water partition coefficient (Wildman–Crippen LogP) is 3.88. The highest BCUT2D eigenvalue weighted by atomic mass is 79.9. The van der Waals surface area contributed by atoms with E-state index in [0.29, 0.717) is 0 Å². The van der Waals surface area contributed by atoms with E-state index in [1.807, 2.05) is 35.7 Å². The van der Waals surface area contributed by atoms with Crippen molar-refractivity contribution in [2.45, 2.75) is 11.3 Å². The first-order chi connectivity index (χ1) is 6.74. The smallest absolute Gasteiger partial charge is 0.0463 e. The van der Waals surface area contributed by atoms with E-state index in [1.54, 1.807) is 0 Å². The maximum absolute atomic E-state index is 5.88. The lowest BCUT2D eigenvalue weighted by molar-refractivity contribution is 1.12. The molecule has 1 aromatic carbocycles. The summed E-state index contributed by atoms with van der Waals surface area (Å²) < 4.78 is 1.04. The van der Waals surface area contributed by atoms with Gasteiger partial charge >= 0.3 is 0 Å². The Morgan fingerprint density at radius 3 is 2.79 bits per heavy atom. The van der Waals surface area contributed by atoms with E-state index in [1.165, 1.54) is 17.1 Å². The Labute approximate surface area is 102 Å². The quantitative estimate of drug-likeness (QED) is 0.507. The van der Waals surface area contributed by atoms with Crippen LogP contribution in [0.5, 0.6) is 0 Å². The van der Waals surface area contributed by atoms with E-state index >= 15 is 0 Å². The Bertz CT molecular complexity index is 291. The fraction of sp³-hybridized carbons (Fsp3) is 0.400. The summed E-state index contributed by atoms with van der Waals surface area (Å²) >= 11 is 7.12. The van der Waals surface area contributed by atoms with Gasteiger partial charge in [0, 0.05) is 15.1 Å². The number of anilines is 1. The van der Waals surface area contributed by atoms with Crippen LogP contribution in [0.1, 0.15) is 6.42 Å². The summed E-state index contributed by atoms with van der Waals surface area (Å²) in [5.74, 6) is 2.37. The van der Waals surface area contributed by atoms with Crippen LogP contribution in [0.4, 0.5) is 5.69 Å². The molecule has 0 saturated heterocycles. The highest BCUT2D eigenvalue weighted by molar-refractivity contribution is 9.10. The zero-order chi connectivity index (χ0) is 10.4. The highest BCUT2D eigenvalue weighted by Gasteiger charge is 1.99. The Kier molecular flexibility index (Phi) is 5.82. The van der Waals surface area contributed by atoms with Gasteiger partial charge in [-0.25, -0.2) is 0 Å². The van der Waals surface area contributed by atoms with Crippen LogP contribution >= 0.6 is 39.5 Å². The third kappa shape index (κ3) is 4.15. The topological polar surface area (TPSA) is 26.0 Å². The van der Waals surface area contributed by atoms with Gasteiger partial charge in [-0.05, 0) is 42.4 Å². The highest BCUT2D eigenvalue weighted by Crippen LogP contribution is 2.28. The molecule has 0 spiro atoms. The van der Waals surface area contributed by atoms with E-state index in [2.05, 4.69) is 28.3 Å². The number of nitrogens with two attached hydrogens (primary N) is 1. The Morgan fingerprint density at radius 2 is 2.14 bits per heavy atom. The zero-order valence-corrected chi connectivity index (χ0v) is 11.3. The Morgan fingerprint density at radius 1 is 1.36 bits per heavy atom. The lowest BCUT2D eigenvalue weighted by Gasteiger charge is -2.05. The van der Waals surface area contributed by atoms with Crippen molar-refractivity contribution in [3.8, 4) is 0 Å². The van der Waals surface area contributed by atoms with Crippen molar-refractivity contribution in [3.63, 3.8) is 0 Å². The number of nitrogen functional groups attached to an aromatic ring is 1. The van der Waals surface area contributed by atoms with Crippen LogP contribution in [0, 0.1) is 0 Å². The molecule has 0 bridgehead atoms. The number of hydrogen-bond donors (Lipinski definition) is 1. The molecule has 78 valence electrons. The lowest BCUT2D eigenvalue weighted by Crippen LogP contribution is -1.90. The van der Waals surface area contributed by atoms with Gasteiger partial charge < -0.3 is 5.73 Å². The third-order valence-corrected chi connectivity index (χ3v) is 4.09. The van der Waals surface area contributed by atoms with Gasteiger partial charge in [0.1, 0.15) is 0 Å². The second-order valence-electron chi connectivity index (χ2n) is 2.88. The van der Waals surface area contributed by atoms with Crippen molar-refractivity contribution in [1.29, 1.82) is 0 Å². The molecule has 0 aliphatic heterocycles. The lowest BCUT2D eigenvalue weighted by atomic mass is 10.3. The second-order valence-corrected chi connectivity index (χ2v) is 5.91. The van der Waals surface area contributed by atoms with Crippen LogP contribution < -0.4 is 5.73 Å². The van der Waals surface area contributed by atoms with Crippen molar-refractivity contribution in [2.24, 2.45) is 0 Å². The molecule has 0 aliphatic rings. The number of thioether (sulfide) groups is 2. The third-order valence-electron chi connectivity index (χ3n) is 1.72. The summed E-state index contributed by atoms with van der Waals surface area (Å²) in [5, 5.41) is 0. The first-order valence-corrected chi connectivity index (χ1v) is 7.58. The molecular formula is C10H14BrNS2. The normalized spacial score (nSPS) is 10.4. The van der Waals surface area contributed by atoms with Crippen LogP contribution in [0.3, 0.4) is 0 Å². The Hall–Kier alpha value is 0.200. The van der Waals surface area contributed by atoms with Crippen molar-refractivity contribution in [2.75, 3.05) is 23.5 Å². The van der Waals surface area contributed by atoms with E-state index in [-0.39, 0.29) is 0 Å². The molecule has 0 atom stereocenters. The van der Waals surface area contributed by atoms with E-state index in [4.69, 9.17) is 5.73 Å². The van der Waals surface area contributed by atoms with Gasteiger partial charge in [-0.15, -0.1) is 11.8 Å². The van der Waals surface area contributed by atoms with Crippen LogP contribution in [-0.2, 0) is 0 Å². The van der Waals surface area contributed by atoms with Gasteiger partial charge in [0.2, 0.25) is 0 Å². The molecule has 0 saturated carbocycles. The molecular weight excluding hydrogens is 278 g/mol. The molecule has 0 unspecified atom stereocenters. The van der Waals surface area contributed by atoms with Crippen molar-refractivity contribution < 1.29 is 0 Å². The SMILES string of the molecule is CSCCCSc1ccc(Br)cc1N. The van der Waals surface area contributed by atoms with Crippen LogP contribution in [0.2, 0.25) is 0 Å². The fourth-order valence-electron chi connectivity index (χ4n) is 1.04. The molecule has 0 fully saturated rings. The molecule has 0 radical (unpaired) electrons. The molecule has 4 heteroatoms. The summed E-state index contributed by atoms with van der Waals surface area (Å²) in [7, 11) is 0. The van der Waals surface area contributed by atoms with Gasteiger partial charge in [0.25, 0.3) is 0 Å². The molecule has 14 heavy (non-hydrogen) atoms. The standard InChI is InChI=1S/C10H14BrNS2/c1-13-5-2-6-14-10-4-3-8(11)7-9(10)12/h3-4,7H,2,5-6,12H2,1H3. The van der Waals surface area contributed by atoms with Gasteiger partial charge in [-0.3, -0.25) is 0 Å². The first kappa shape index (κ1) is 12.3. The number of halogens is 1. The van der Waals surface area contributed by atoms with E-state index < -0.39 is 0 Å². The summed E-state index contributed by atoms with van der Waals surface area (Å²) in [6.07, 6.45) is 3.37. The van der Waals surface area contributed by atoms with Gasteiger partial charge in [-0.2, -0.15) is 11.8 Å². The average Bonchev–Trinajstić information content (AvgIpc) is 2.15. The summed E-state index contributed by atoms with van der Waals surface area (Å²) in [4.78, 5) is 1.19. The molecule has 0 amide bonds. The van der Waals surface area contributed by atoms with Gasteiger partial charge in [0.05, 0.1) is 0 Å². The molecule has 2 N–H and O–H groups in total. The molecule has 0 aromatic heterocycles. The minimum absolute atomic E-state index is 0.869. The van der Waals surface area contributed by atoms with Crippen molar-refractivity contribution >= 4 is 45.1 Å². The molecule has 0 aliphatic carbocycles. The minimum atomic E-state index is 0.869. The molecule has 1 nitrogen and oxygen atoms in total. The average molecular weight is 292 g/mol. The first-order valence-electron chi connectivity index (χ1n) is 4.41. The van der Waals surface area contributed by atoms with Crippen LogP contribution in [0.15, 0.2) is 27.6 Å². The number of hydrogen-bond acceptors (Lipinski definition) is 3. The number of rotatable bonds is 5. The van der Waals surface area contributed by atoms with Crippen molar-refractivity contribution in [1.82, 2.24) is 0 Å². The van der Waals surface area contributed by atoms with Gasteiger partial charge in [-0.1, -0.05) is 15.9 Å². The van der Waals surface area contributed by atoms with Crippen molar-refractivity contribution in [3.05, 3.63) is 22.7 Å². The molecule has 1 rings (SSSR count). The second kappa shape index (κ2) is 6.64. The fourth-order valence-corrected chi connectivity index (χ4v) is 2.93. The molecule has 0 heterocycles. The predicted molar refractivity (Wildman–Crippen MR) is 72.3 cm³/mol. The maximum Gasteiger partial charge on any atom is 0.0463 e. The van der Waals surface area contributed by atoms with Crippen LogP contribution in [0.25, 0.3) is 0 Å². The summed E-state index contributed by atoms with van der Waals surface area (Å²) in [6.45, 7) is 0. The van der Waals surface area contributed by atoms with E-state index in [0.717, 1.165) is 15.9 Å². The van der Waals surface area contributed by atoms with Crippen LogP contribution in [-0.4, -0.2) is 17.8 Å². The largest absolute Gasteiger partial charge is 0.398 e. The number of benzene rings is 1. The summed E-state index contributed by atoms with van der Waals surface area (Å²) in [6, 6.07) is 6.06. The van der Waals surface area contributed by atoms with E-state index in [9.17, 15) is 0 Å². The minimum Gasteiger partial charge on any atom is -0.398 e. The Balaban J connectivity index is 2.42. The molecule has 1 aromatic rings.